The van der Waals surface area contributed by atoms with Gasteiger partial charge < -0.3 is 30.2 Å². The van der Waals surface area contributed by atoms with E-state index in [4.69, 9.17) is 0 Å². The van der Waals surface area contributed by atoms with E-state index in [2.05, 4.69) is 119 Å². The fraction of sp³-hybridized carbons (Fsp3) is 0.143. The molecule has 48 heavy (non-hydrogen) atoms. The second-order valence-electron chi connectivity index (χ2n) is 11.7. The van der Waals surface area contributed by atoms with Crippen LogP contribution in [0.1, 0.15) is 16.7 Å². The molecule has 0 atom stereocenters. The van der Waals surface area contributed by atoms with Crippen LogP contribution in [0.25, 0.3) is 11.1 Å². The number of rotatable bonds is 13. The van der Waals surface area contributed by atoms with Crippen LogP contribution in [0, 0.1) is 0 Å². The van der Waals surface area contributed by atoms with Crippen LogP contribution in [-0.4, -0.2) is 40.2 Å². The van der Waals surface area contributed by atoms with E-state index < -0.39 is 0 Å². The summed E-state index contributed by atoms with van der Waals surface area (Å²) in [6, 6.07) is 48.9. The van der Waals surface area contributed by atoms with Gasteiger partial charge in [-0.15, -0.1) is 0 Å². The number of aliphatic hydroxyl groups excluding tert-OH is 3. The summed E-state index contributed by atoms with van der Waals surface area (Å²) in [4.78, 5) is 4.35. The van der Waals surface area contributed by atoms with E-state index in [9.17, 15) is 20.4 Å². The smallest absolute Gasteiger partial charge is 0.115 e. The Morgan fingerprint density at radius 1 is 0.312 bits per heavy atom. The van der Waals surface area contributed by atoms with Crippen LogP contribution in [0.5, 0.6) is 5.75 Å². The molecule has 0 amide bonds. The Kier molecular flexibility index (Phi) is 10.5. The van der Waals surface area contributed by atoms with Crippen molar-refractivity contribution in [1.82, 2.24) is 0 Å². The van der Waals surface area contributed by atoms with Crippen LogP contribution in [0.2, 0.25) is 0 Å². The van der Waals surface area contributed by atoms with Crippen LogP contribution in [0.15, 0.2) is 146 Å². The van der Waals surface area contributed by atoms with E-state index in [0.29, 0.717) is 19.3 Å². The average molecular weight is 637 g/mol. The van der Waals surface area contributed by atoms with Gasteiger partial charge in [-0.1, -0.05) is 60.7 Å². The van der Waals surface area contributed by atoms with Crippen LogP contribution in [0.4, 0.5) is 34.1 Å². The van der Waals surface area contributed by atoms with Crippen molar-refractivity contribution in [2.75, 3.05) is 29.6 Å². The topological polar surface area (TPSA) is 87.4 Å². The Labute approximate surface area is 282 Å². The maximum atomic E-state index is 9.92. The summed E-state index contributed by atoms with van der Waals surface area (Å²) >= 11 is 0. The summed E-state index contributed by atoms with van der Waals surface area (Å²) in [7, 11) is 0. The molecule has 0 saturated heterocycles. The highest BCUT2D eigenvalue weighted by molar-refractivity contribution is 5.81. The second-order valence-corrected chi connectivity index (χ2v) is 11.7. The number of phenolic OH excluding ortho intramolecular Hbond substituents is 1. The summed E-state index contributed by atoms with van der Waals surface area (Å²) in [6.07, 6.45) is 1.85. The average Bonchev–Trinajstić information content (AvgIpc) is 3.12. The first-order valence-electron chi connectivity index (χ1n) is 16.3. The van der Waals surface area contributed by atoms with Crippen LogP contribution >= 0.6 is 0 Å². The largest absolute Gasteiger partial charge is 0.508 e. The molecule has 0 bridgehead atoms. The fourth-order valence-electron chi connectivity index (χ4n) is 5.92. The zero-order valence-electron chi connectivity index (χ0n) is 26.8. The highest BCUT2D eigenvalue weighted by Gasteiger charge is 2.15. The molecule has 4 N–H and O–H groups in total. The molecule has 0 fully saturated rings. The van der Waals surface area contributed by atoms with Gasteiger partial charge in [-0.3, -0.25) is 0 Å². The molecular formula is C42H40N2O4. The van der Waals surface area contributed by atoms with Gasteiger partial charge in [0.1, 0.15) is 5.75 Å². The molecule has 242 valence electrons. The maximum absolute atomic E-state index is 9.92. The lowest BCUT2D eigenvalue weighted by molar-refractivity contribution is 0.299. The predicted molar refractivity (Wildman–Crippen MR) is 195 cm³/mol. The molecule has 6 aromatic carbocycles. The first-order chi connectivity index (χ1) is 23.6. The Balaban J connectivity index is 1.29. The first-order valence-corrected chi connectivity index (χ1v) is 16.3. The van der Waals surface area contributed by atoms with E-state index in [-0.39, 0.29) is 25.6 Å². The van der Waals surface area contributed by atoms with Gasteiger partial charge in [0.05, 0.1) is 0 Å². The minimum absolute atomic E-state index is 0.110. The lowest BCUT2D eigenvalue weighted by atomic mass is 10.0. The molecule has 6 aromatic rings. The minimum atomic E-state index is 0.110. The van der Waals surface area contributed by atoms with Crippen LogP contribution in [0.3, 0.4) is 0 Å². The number of hydrogen-bond acceptors (Lipinski definition) is 6. The minimum Gasteiger partial charge on any atom is -0.508 e. The molecular weight excluding hydrogens is 596 g/mol. The molecule has 0 radical (unpaired) electrons. The van der Waals surface area contributed by atoms with Gasteiger partial charge in [-0.25, -0.2) is 0 Å². The maximum Gasteiger partial charge on any atom is 0.115 e. The molecule has 0 spiro atoms. The number of aromatic hydroxyl groups is 1. The van der Waals surface area contributed by atoms with Crippen molar-refractivity contribution in [2.45, 2.75) is 19.3 Å². The van der Waals surface area contributed by atoms with Crippen LogP contribution in [-0.2, 0) is 19.3 Å². The Morgan fingerprint density at radius 2 is 0.542 bits per heavy atom. The van der Waals surface area contributed by atoms with Crippen molar-refractivity contribution in [3.05, 3.63) is 162 Å². The van der Waals surface area contributed by atoms with Crippen LogP contribution < -0.4 is 9.80 Å². The zero-order valence-corrected chi connectivity index (χ0v) is 26.8. The van der Waals surface area contributed by atoms with Gasteiger partial charge in [-0.2, -0.15) is 0 Å². The second kappa shape index (κ2) is 15.5. The fourth-order valence-corrected chi connectivity index (χ4v) is 5.92. The standard InChI is InChI=1S/C42H40N2O4/c45-28-25-31-1-11-36(12-2-31)43(37-13-3-32(4-14-37)26-29-46)39-17-7-34(8-18-39)35-9-19-40(20-10-35)44(41-21-23-42(48)24-22-41)38-15-5-33(6-16-38)27-30-47/h1-24,45-48H,25-30H2. The van der Waals surface area contributed by atoms with Gasteiger partial charge in [-0.05, 0) is 132 Å². The zero-order chi connectivity index (χ0) is 33.3. The Hall–Kier alpha value is -5.40. The number of benzene rings is 6. The third kappa shape index (κ3) is 7.59. The lowest BCUT2D eigenvalue weighted by Crippen LogP contribution is -2.10. The highest BCUT2D eigenvalue weighted by atomic mass is 16.3. The summed E-state index contributed by atoms with van der Waals surface area (Å²) in [6.45, 7) is 0.342. The van der Waals surface area contributed by atoms with Gasteiger partial charge in [0.15, 0.2) is 0 Å². The lowest BCUT2D eigenvalue weighted by Gasteiger charge is -2.26. The highest BCUT2D eigenvalue weighted by Crippen LogP contribution is 2.38. The number of phenols is 1. The molecule has 0 aromatic heterocycles. The van der Waals surface area contributed by atoms with E-state index in [1.165, 1.54) is 0 Å². The van der Waals surface area contributed by atoms with E-state index in [1.807, 2.05) is 24.3 Å². The van der Waals surface area contributed by atoms with Crippen molar-refractivity contribution in [3.8, 4) is 16.9 Å². The summed E-state index contributed by atoms with van der Waals surface area (Å²) in [5.74, 6) is 0.215. The third-order valence-corrected chi connectivity index (χ3v) is 8.48. The number of anilines is 6. The molecule has 6 rings (SSSR count). The number of nitrogens with zero attached hydrogens (tertiary/aromatic N) is 2. The predicted octanol–water partition coefficient (Wildman–Crippen LogP) is 8.60. The SMILES string of the molecule is OCCc1ccc(N(c2ccc(O)cc2)c2ccc(-c3ccc(N(c4ccc(CCO)cc4)c4ccc(CCO)cc4)cc3)cc2)cc1. The third-order valence-electron chi connectivity index (χ3n) is 8.48. The monoisotopic (exact) mass is 636 g/mol. The van der Waals surface area contributed by atoms with Gasteiger partial charge in [0.2, 0.25) is 0 Å². The number of aliphatic hydroxyl groups is 3. The Morgan fingerprint density at radius 3 is 0.792 bits per heavy atom. The van der Waals surface area contributed by atoms with Crippen molar-refractivity contribution in [2.24, 2.45) is 0 Å². The van der Waals surface area contributed by atoms with Crippen molar-refractivity contribution in [1.29, 1.82) is 0 Å². The quantitative estimate of drug-likeness (QED) is 0.102. The normalized spacial score (nSPS) is 11.0. The summed E-state index contributed by atoms with van der Waals surface area (Å²) < 4.78 is 0. The summed E-state index contributed by atoms with van der Waals surface area (Å²) in [5, 5.41) is 38.0. The van der Waals surface area contributed by atoms with Crippen molar-refractivity contribution >= 4 is 34.1 Å². The molecule has 0 unspecified atom stereocenters. The van der Waals surface area contributed by atoms with Crippen molar-refractivity contribution < 1.29 is 20.4 Å². The molecule has 6 heteroatoms. The molecule has 0 heterocycles. The molecule has 0 aliphatic carbocycles. The van der Waals surface area contributed by atoms with E-state index in [0.717, 1.165) is 61.9 Å². The van der Waals surface area contributed by atoms with Gasteiger partial charge in [0, 0.05) is 53.9 Å². The van der Waals surface area contributed by atoms with Crippen molar-refractivity contribution in [3.63, 3.8) is 0 Å². The molecule has 6 nitrogen and oxygen atoms in total. The summed E-state index contributed by atoms with van der Waals surface area (Å²) in [5.41, 5.74) is 11.4. The number of hydrogen-bond donors (Lipinski definition) is 4. The first kappa shape index (κ1) is 32.5. The molecule has 0 aliphatic rings. The van der Waals surface area contributed by atoms with Gasteiger partial charge >= 0.3 is 0 Å². The molecule has 0 saturated carbocycles. The Bertz CT molecular complexity index is 1820. The van der Waals surface area contributed by atoms with Gasteiger partial charge in [0.25, 0.3) is 0 Å². The molecule has 0 aliphatic heterocycles. The van der Waals surface area contributed by atoms with E-state index in [1.54, 1.807) is 12.1 Å². The van der Waals surface area contributed by atoms with E-state index >= 15 is 0 Å².